The third-order valence-corrected chi connectivity index (χ3v) is 4.56. The topological polar surface area (TPSA) is 102 Å². The number of carbonyl (C=O) groups excluding carboxylic acids is 3. The maximum Gasteiger partial charge on any atom is 0.251 e. The van der Waals surface area contributed by atoms with Gasteiger partial charge in [0.05, 0.1) is 6.61 Å². The quantitative estimate of drug-likeness (QED) is 0.620. The monoisotopic (exact) mass is 376 g/mol. The lowest BCUT2D eigenvalue weighted by Crippen LogP contribution is -2.46. The highest BCUT2D eigenvalue weighted by Crippen LogP contribution is 2.20. The molecule has 1 fully saturated rings. The summed E-state index contributed by atoms with van der Waals surface area (Å²) in [6, 6.07) is 6.28. The number of rotatable bonds is 7. The van der Waals surface area contributed by atoms with Crippen LogP contribution in [0.2, 0.25) is 0 Å². The maximum absolute atomic E-state index is 12.6. The van der Waals surface area contributed by atoms with Gasteiger partial charge in [0, 0.05) is 50.9 Å². The van der Waals surface area contributed by atoms with Crippen molar-refractivity contribution in [2.24, 2.45) is 0 Å². The van der Waals surface area contributed by atoms with Crippen molar-refractivity contribution < 1.29 is 19.5 Å². The summed E-state index contributed by atoms with van der Waals surface area (Å²) in [7, 11) is 3.80. The Morgan fingerprint density at radius 2 is 2.04 bits per heavy atom. The first kappa shape index (κ1) is 20.7. The summed E-state index contributed by atoms with van der Waals surface area (Å²) in [4.78, 5) is 40.5. The fraction of sp³-hybridized carbons (Fsp3) is 0.526. The molecule has 0 saturated carbocycles. The molecule has 0 unspecified atom stereocenters. The number of amides is 3. The molecular formula is C19H28N4O4. The van der Waals surface area contributed by atoms with Crippen LogP contribution in [-0.4, -0.2) is 73.6 Å². The zero-order chi connectivity index (χ0) is 20.0. The van der Waals surface area contributed by atoms with Gasteiger partial charge in [-0.2, -0.15) is 0 Å². The van der Waals surface area contributed by atoms with Crippen LogP contribution >= 0.6 is 0 Å². The van der Waals surface area contributed by atoms with Gasteiger partial charge in [-0.15, -0.1) is 0 Å². The first-order valence-electron chi connectivity index (χ1n) is 9.13. The Labute approximate surface area is 159 Å². The van der Waals surface area contributed by atoms with E-state index in [-0.39, 0.29) is 43.3 Å². The van der Waals surface area contributed by atoms with E-state index in [1.165, 1.54) is 4.90 Å². The molecule has 8 nitrogen and oxygen atoms in total. The van der Waals surface area contributed by atoms with Crippen LogP contribution in [0, 0.1) is 0 Å². The Bertz CT molecular complexity index is 666. The summed E-state index contributed by atoms with van der Waals surface area (Å²) >= 11 is 0. The number of hydrogen-bond donors (Lipinski definition) is 3. The minimum Gasteiger partial charge on any atom is -0.396 e. The van der Waals surface area contributed by atoms with Crippen LogP contribution in [-0.2, 0) is 9.59 Å². The van der Waals surface area contributed by atoms with E-state index in [0.29, 0.717) is 18.5 Å². The predicted molar refractivity (Wildman–Crippen MR) is 103 cm³/mol. The van der Waals surface area contributed by atoms with Crippen molar-refractivity contribution in [3.63, 3.8) is 0 Å². The number of nitrogens with one attached hydrogen (secondary N) is 2. The fourth-order valence-corrected chi connectivity index (χ4v) is 3.19. The van der Waals surface area contributed by atoms with Gasteiger partial charge in [0.25, 0.3) is 5.91 Å². The molecule has 8 heteroatoms. The van der Waals surface area contributed by atoms with Crippen LogP contribution in [0.15, 0.2) is 24.3 Å². The number of benzene rings is 1. The summed E-state index contributed by atoms with van der Waals surface area (Å²) in [6.45, 7) is 2.25. The van der Waals surface area contributed by atoms with Gasteiger partial charge in [0.2, 0.25) is 11.8 Å². The molecule has 27 heavy (non-hydrogen) atoms. The molecule has 0 spiro atoms. The average Bonchev–Trinajstić information content (AvgIpc) is 3.06. The third-order valence-electron chi connectivity index (χ3n) is 4.56. The van der Waals surface area contributed by atoms with Gasteiger partial charge in [-0.05, 0) is 31.5 Å². The van der Waals surface area contributed by atoms with Crippen LogP contribution in [0.1, 0.15) is 30.1 Å². The molecule has 1 aromatic carbocycles. The van der Waals surface area contributed by atoms with E-state index in [1.54, 1.807) is 12.1 Å². The van der Waals surface area contributed by atoms with Gasteiger partial charge >= 0.3 is 0 Å². The highest BCUT2D eigenvalue weighted by Gasteiger charge is 2.39. The molecule has 2 atom stereocenters. The van der Waals surface area contributed by atoms with E-state index >= 15 is 0 Å². The van der Waals surface area contributed by atoms with E-state index in [1.807, 2.05) is 38.1 Å². The second-order valence-corrected chi connectivity index (χ2v) is 6.78. The summed E-state index contributed by atoms with van der Waals surface area (Å²) in [5.74, 6) is -0.773. The SMILES string of the molecule is CCNC(=O)[C@@H]1C[C@@H](NC(=O)c2cccc(N(C)C)c2)CN1C(=O)CCO. The van der Waals surface area contributed by atoms with Crippen LogP contribution in [0.5, 0.6) is 0 Å². The first-order chi connectivity index (χ1) is 12.9. The standard InChI is InChI=1S/C19H28N4O4/c1-4-20-19(27)16-11-14(12-23(16)17(25)8-9-24)21-18(26)13-6-5-7-15(10-13)22(2)3/h5-7,10,14,16,24H,4,8-9,11-12H2,1-3H3,(H,20,27)(H,21,26)/t14-,16+/m1/s1. The number of likely N-dealkylation sites (tertiary alicyclic amines) is 1. The lowest BCUT2D eigenvalue weighted by Gasteiger charge is -2.23. The van der Waals surface area contributed by atoms with Crippen LogP contribution < -0.4 is 15.5 Å². The molecule has 0 aromatic heterocycles. The zero-order valence-electron chi connectivity index (χ0n) is 16.1. The molecule has 1 aromatic rings. The molecule has 0 radical (unpaired) electrons. The lowest BCUT2D eigenvalue weighted by atomic mass is 10.1. The molecule has 0 bridgehead atoms. The highest BCUT2D eigenvalue weighted by atomic mass is 16.3. The zero-order valence-corrected chi connectivity index (χ0v) is 16.1. The van der Waals surface area contributed by atoms with Crippen LogP contribution in [0.4, 0.5) is 5.69 Å². The van der Waals surface area contributed by atoms with Gasteiger partial charge in [0.1, 0.15) is 6.04 Å². The summed E-state index contributed by atoms with van der Waals surface area (Å²) < 4.78 is 0. The van der Waals surface area contributed by atoms with Crippen molar-refractivity contribution in [1.29, 1.82) is 0 Å². The molecule has 2 rings (SSSR count). The fourth-order valence-electron chi connectivity index (χ4n) is 3.19. The van der Waals surface area contributed by atoms with Crippen molar-refractivity contribution in [3.05, 3.63) is 29.8 Å². The molecule has 0 aliphatic carbocycles. The van der Waals surface area contributed by atoms with Crippen molar-refractivity contribution in [2.45, 2.75) is 31.8 Å². The number of carbonyl (C=O) groups is 3. The van der Waals surface area contributed by atoms with Crippen molar-refractivity contribution in [1.82, 2.24) is 15.5 Å². The van der Waals surface area contributed by atoms with Gasteiger partial charge in [-0.1, -0.05) is 6.07 Å². The second kappa shape index (κ2) is 9.36. The Morgan fingerprint density at radius 3 is 2.67 bits per heavy atom. The van der Waals surface area contributed by atoms with Crippen LogP contribution in [0.3, 0.4) is 0 Å². The first-order valence-corrected chi connectivity index (χ1v) is 9.13. The van der Waals surface area contributed by atoms with E-state index in [2.05, 4.69) is 10.6 Å². The van der Waals surface area contributed by atoms with E-state index in [9.17, 15) is 14.4 Å². The number of anilines is 1. The minimum absolute atomic E-state index is 0.0402. The highest BCUT2D eigenvalue weighted by molar-refractivity contribution is 5.95. The molecule has 1 aliphatic heterocycles. The smallest absolute Gasteiger partial charge is 0.251 e. The van der Waals surface area contributed by atoms with Gasteiger partial charge in [0.15, 0.2) is 0 Å². The van der Waals surface area contributed by atoms with E-state index in [4.69, 9.17) is 5.11 Å². The summed E-state index contributed by atoms with van der Waals surface area (Å²) in [6.07, 6.45) is 0.309. The normalized spacial score (nSPS) is 18.9. The number of aliphatic hydroxyl groups excluding tert-OH is 1. The van der Waals surface area contributed by atoms with E-state index < -0.39 is 6.04 Å². The Hall–Kier alpha value is -2.61. The van der Waals surface area contributed by atoms with Gasteiger partial charge in [-0.25, -0.2) is 0 Å². The average molecular weight is 376 g/mol. The molecule has 1 aliphatic rings. The molecule has 3 N–H and O–H groups in total. The number of likely N-dealkylation sites (N-methyl/N-ethyl adjacent to an activating group) is 1. The number of hydrogen-bond acceptors (Lipinski definition) is 5. The largest absolute Gasteiger partial charge is 0.396 e. The van der Waals surface area contributed by atoms with E-state index in [0.717, 1.165) is 5.69 Å². The summed E-state index contributed by atoms with van der Waals surface area (Å²) in [5, 5.41) is 14.7. The minimum atomic E-state index is -0.637. The Balaban J connectivity index is 2.09. The molecule has 148 valence electrons. The summed E-state index contributed by atoms with van der Waals surface area (Å²) in [5.41, 5.74) is 1.44. The second-order valence-electron chi connectivity index (χ2n) is 6.78. The number of nitrogens with zero attached hydrogens (tertiary/aromatic N) is 2. The Kier molecular flexibility index (Phi) is 7.18. The van der Waals surface area contributed by atoms with Crippen molar-refractivity contribution in [2.75, 3.05) is 38.7 Å². The Morgan fingerprint density at radius 1 is 1.30 bits per heavy atom. The number of aliphatic hydroxyl groups is 1. The van der Waals surface area contributed by atoms with Crippen LogP contribution in [0.25, 0.3) is 0 Å². The van der Waals surface area contributed by atoms with Gasteiger partial charge < -0.3 is 25.5 Å². The predicted octanol–water partition coefficient (Wildman–Crippen LogP) is -0.0296. The van der Waals surface area contributed by atoms with Crippen molar-refractivity contribution >= 4 is 23.4 Å². The maximum atomic E-state index is 12.6. The third kappa shape index (κ3) is 5.19. The molecule has 3 amide bonds. The molecule has 1 heterocycles. The molecule has 1 saturated heterocycles. The van der Waals surface area contributed by atoms with Gasteiger partial charge in [-0.3, -0.25) is 14.4 Å². The molecular weight excluding hydrogens is 348 g/mol. The van der Waals surface area contributed by atoms with Crippen molar-refractivity contribution in [3.8, 4) is 0 Å². The lowest BCUT2D eigenvalue weighted by molar-refractivity contribution is -0.138.